The maximum Gasteiger partial charge on any atom is 0.308 e. The second-order valence-corrected chi connectivity index (χ2v) is 8.01. The molecule has 0 saturated carbocycles. The Bertz CT molecular complexity index is 717. The third-order valence-corrected chi connectivity index (χ3v) is 6.14. The molecule has 0 bridgehead atoms. The molecule has 0 amide bonds. The van der Waals surface area contributed by atoms with E-state index >= 15 is 0 Å². The number of methoxy groups -OCH3 is 2. The monoisotopic (exact) mass is 544 g/mol. The quantitative estimate of drug-likeness (QED) is 0.246. The van der Waals surface area contributed by atoms with Crippen LogP contribution in [-0.2, 0) is 9.53 Å². The summed E-state index contributed by atoms with van der Waals surface area (Å²) < 4.78 is 10.4. The molecule has 2 fully saturated rings. The minimum atomic E-state index is -0.0938. The van der Waals surface area contributed by atoms with E-state index in [2.05, 4.69) is 40.2 Å². The molecule has 7 nitrogen and oxygen atoms in total. The topological polar surface area (TPSA) is 66.4 Å². The molecule has 8 heteroatoms. The summed E-state index contributed by atoms with van der Waals surface area (Å²) in [5.41, 5.74) is 1.25. The van der Waals surface area contributed by atoms with Gasteiger partial charge in [0.25, 0.3) is 0 Å². The summed E-state index contributed by atoms with van der Waals surface area (Å²) in [4.78, 5) is 21.7. The number of likely N-dealkylation sites (tertiary alicyclic amines) is 2. The molecule has 0 aromatic heterocycles. The third kappa shape index (κ3) is 6.97. The van der Waals surface area contributed by atoms with Gasteiger partial charge in [-0.1, -0.05) is 12.1 Å². The van der Waals surface area contributed by atoms with Crippen LogP contribution in [-0.4, -0.2) is 75.2 Å². The number of carbonyl (C=O) groups is 1. The van der Waals surface area contributed by atoms with Gasteiger partial charge in [-0.05, 0) is 63.4 Å². The lowest BCUT2D eigenvalue weighted by atomic mass is 9.97. The zero-order valence-corrected chi connectivity index (χ0v) is 21.3. The lowest BCUT2D eigenvalue weighted by molar-refractivity contribution is -0.146. The van der Waals surface area contributed by atoms with Crippen molar-refractivity contribution >= 4 is 35.9 Å². The molecular weight excluding hydrogens is 507 g/mol. The molecule has 1 aromatic carbocycles. The van der Waals surface area contributed by atoms with Gasteiger partial charge >= 0.3 is 5.97 Å². The Hall–Kier alpha value is -1.55. The van der Waals surface area contributed by atoms with Gasteiger partial charge in [0, 0.05) is 19.6 Å². The molecule has 0 aliphatic carbocycles. The first-order valence-corrected chi connectivity index (χ1v) is 11.1. The van der Waals surface area contributed by atoms with Gasteiger partial charge in [-0.2, -0.15) is 0 Å². The zero-order chi connectivity index (χ0) is 21.3. The highest BCUT2D eigenvalue weighted by molar-refractivity contribution is 14.0. The molecule has 1 atom stereocenters. The van der Waals surface area contributed by atoms with Gasteiger partial charge in [-0.25, -0.2) is 0 Å². The number of nitrogens with one attached hydrogen (secondary N) is 1. The number of nitrogens with zero attached hydrogens (tertiary/aromatic N) is 3. The normalized spacial score (nSPS) is 18.9. The van der Waals surface area contributed by atoms with Crippen LogP contribution in [0.25, 0.3) is 0 Å². The number of hydrogen-bond acceptors (Lipinski definition) is 5. The lowest BCUT2D eigenvalue weighted by Crippen LogP contribution is -2.47. The smallest absolute Gasteiger partial charge is 0.308 e. The minimum absolute atomic E-state index is 0. The number of rotatable bonds is 7. The van der Waals surface area contributed by atoms with Crippen molar-refractivity contribution in [2.45, 2.75) is 38.6 Å². The van der Waals surface area contributed by atoms with Crippen molar-refractivity contribution in [2.75, 3.05) is 53.5 Å². The van der Waals surface area contributed by atoms with Gasteiger partial charge in [-0.3, -0.25) is 14.7 Å². The molecule has 0 spiro atoms. The first kappa shape index (κ1) is 25.7. The van der Waals surface area contributed by atoms with Crippen LogP contribution in [0.5, 0.6) is 5.75 Å². The molecule has 3 rings (SSSR count). The average Bonchev–Trinajstić information content (AvgIpc) is 3.33. The fourth-order valence-corrected chi connectivity index (χ4v) is 4.43. The van der Waals surface area contributed by atoms with E-state index in [1.807, 2.05) is 6.07 Å². The van der Waals surface area contributed by atoms with Crippen LogP contribution in [0.2, 0.25) is 0 Å². The molecule has 2 aliphatic rings. The number of carbonyl (C=O) groups excluding carboxylic acids is 1. The van der Waals surface area contributed by atoms with Crippen molar-refractivity contribution in [3.8, 4) is 5.75 Å². The Kier molecular flexibility index (Phi) is 10.9. The molecule has 1 aromatic rings. The summed E-state index contributed by atoms with van der Waals surface area (Å²) in [7, 11) is 3.18. The van der Waals surface area contributed by atoms with Crippen molar-refractivity contribution in [3.63, 3.8) is 0 Å². The van der Waals surface area contributed by atoms with Crippen LogP contribution in [0.4, 0.5) is 0 Å². The van der Waals surface area contributed by atoms with Gasteiger partial charge < -0.3 is 19.7 Å². The van der Waals surface area contributed by atoms with E-state index in [0.29, 0.717) is 6.54 Å². The number of halogens is 1. The highest BCUT2D eigenvalue weighted by Crippen LogP contribution is 2.28. The minimum Gasteiger partial charge on any atom is -0.497 e. The summed E-state index contributed by atoms with van der Waals surface area (Å²) >= 11 is 0. The Morgan fingerprint density at radius 1 is 1.19 bits per heavy atom. The van der Waals surface area contributed by atoms with Crippen molar-refractivity contribution < 1.29 is 14.3 Å². The summed E-state index contributed by atoms with van der Waals surface area (Å²) in [6.45, 7) is 7.47. The average molecular weight is 544 g/mol. The van der Waals surface area contributed by atoms with Crippen molar-refractivity contribution in [2.24, 2.45) is 10.9 Å². The Balaban J connectivity index is 0.00000341. The number of aliphatic imine (C=N–C) groups is 1. The van der Waals surface area contributed by atoms with Crippen LogP contribution in [0, 0.1) is 5.92 Å². The first-order valence-electron chi connectivity index (χ1n) is 11.1. The predicted octanol–water partition coefficient (Wildman–Crippen LogP) is 3.30. The molecule has 0 radical (unpaired) electrons. The predicted molar refractivity (Wildman–Crippen MR) is 134 cm³/mol. The summed E-state index contributed by atoms with van der Waals surface area (Å²) in [5, 5.41) is 3.45. The Morgan fingerprint density at radius 3 is 2.52 bits per heavy atom. The van der Waals surface area contributed by atoms with Gasteiger partial charge in [0.2, 0.25) is 0 Å². The van der Waals surface area contributed by atoms with Gasteiger partial charge in [-0.15, -0.1) is 24.0 Å². The largest absolute Gasteiger partial charge is 0.497 e. The van der Waals surface area contributed by atoms with E-state index in [-0.39, 0.29) is 41.9 Å². The van der Waals surface area contributed by atoms with E-state index < -0.39 is 0 Å². The number of piperidine rings is 1. The number of ether oxygens (including phenoxy) is 2. The van der Waals surface area contributed by atoms with Gasteiger partial charge in [0.1, 0.15) is 5.75 Å². The molecule has 2 aliphatic heterocycles. The lowest BCUT2D eigenvalue weighted by Gasteiger charge is -2.34. The van der Waals surface area contributed by atoms with Crippen molar-refractivity contribution in [3.05, 3.63) is 29.8 Å². The zero-order valence-electron chi connectivity index (χ0n) is 19.0. The van der Waals surface area contributed by atoms with E-state index in [0.717, 1.165) is 57.3 Å². The highest BCUT2D eigenvalue weighted by Gasteiger charge is 2.28. The fourth-order valence-electron chi connectivity index (χ4n) is 4.43. The molecule has 31 heavy (non-hydrogen) atoms. The molecule has 1 unspecified atom stereocenters. The highest BCUT2D eigenvalue weighted by atomic mass is 127. The number of esters is 1. The summed E-state index contributed by atoms with van der Waals surface area (Å²) in [6.07, 6.45) is 4.10. The van der Waals surface area contributed by atoms with E-state index in [1.54, 1.807) is 7.11 Å². The van der Waals surface area contributed by atoms with E-state index in [9.17, 15) is 4.79 Å². The molecule has 2 saturated heterocycles. The molecular formula is C23H37IN4O3. The summed E-state index contributed by atoms with van der Waals surface area (Å²) in [6, 6.07) is 8.60. The van der Waals surface area contributed by atoms with Crippen LogP contribution < -0.4 is 10.1 Å². The third-order valence-electron chi connectivity index (χ3n) is 6.14. The Morgan fingerprint density at radius 2 is 1.90 bits per heavy atom. The van der Waals surface area contributed by atoms with E-state index in [1.165, 1.54) is 25.5 Å². The second-order valence-electron chi connectivity index (χ2n) is 8.01. The number of hydrogen-bond donors (Lipinski definition) is 1. The van der Waals surface area contributed by atoms with Crippen molar-refractivity contribution in [1.82, 2.24) is 15.1 Å². The van der Waals surface area contributed by atoms with Crippen LogP contribution in [0.3, 0.4) is 0 Å². The first-order chi connectivity index (χ1) is 14.7. The summed E-state index contributed by atoms with van der Waals surface area (Å²) in [5.74, 6) is 1.73. The van der Waals surface area contributed by atoms with Crippen molar-refractivity contribution in [1.29, 1.82) is 0 Å². The standard InChI is InChI=1S/C23H36N4O3.HI/c1-4-24-23(27-14-10-18(11-15-27)22(28)30-3)25-17-21(26-12-5-6-13-26)19-8-7-9-20(16-19)29-2;/h7-9,16,18,21H,4-6,10-15,17H2,1-3H3,(H,24,25);1H. The Labute approximate surface area is 203 Å². The molecule has 2 heterocycles. The fraction of sp³-hybridized carbons (Fsp3) is 0.652. The van der Waals surface area contributed by atoms with Crippen LogP contribution >= 0.6 is 24.0 Å². The number of benzene rings is 1. The second kappa shape index (κ2) is 13.1. The van der Waals surface area contributed by atoms with Crippen LogP contribution in [0.15, 0.2) is 29.3 Å². The van der Waals surface area contributed by atoms with Crippen LogP contribution in [0.1, 0.15) is 44.2 Å². The number of guanidine groups is 1. The SMILES string of the molecule is CCNC(=NCC(c1cccc(OC)c1)N1CCCC1)N1CCC(C(=O)OC)CC1.I. The maximum absolute atomic E-state index is 11.8. The van der Waals surface area contributed by atoms with Gasteiger partial charge in [0.15, 0.2) is 5.96 Å². The molecule has 1 N–H and O–H groups in total. The van der Waals surface area contributed by atoms with E-state index in [4.69, 9.17) is 14.5 Å². The maximum atomic E-state index is 11.8. The van der Waals surface area contributed by atoms with Gasteiger partial charge in [0.05, 0.1) is 32.7 Å². The molecule has 174 valence electrons.